The Morgan fingerprint density at radius 2 is 2.26 bits per heavy atom. The van der Waals surface area contributed by atoms with Crippen LogP contribution in [0.15, 0.2) is 6.07 Å². The lowest BCUT2D eigenvalue weighted by Crippen LogP contribution is -2.53. The minimum atomic E-state index is -0.152. The number of hydrogen-bond donors (Lipinski definition) is 3. The van der Waals surface area contributed by atoms with Crippen molar-refractivity contribution in [3.8, 4) is 0 Å². The van der Waals surface area contributed by atoms with Crippen molar-refractivity contribution in [2.24, 2.45) is 5.41 Å². The van der Waals surface area contributed by atoms with Gasteiger partial charge in [0.1, 0.15) is 0 Å². The predicted octanol–water partition coefficient (Wildman–Crippen LogP) is 2.25. The van der Waals surface area contributed by atoms with Gasteiger partial charge in [-0.15, -0.1) is 0 Å². The molecule has 106 valence electrons. The molecule has 1 aromatic rings. The molecular weight excluding hydrogens is 240 g/mol. The summed E-state index contributed by atoms with van der Waals surface area (Å²) >= 11 is 0. The quantitative estimate of drug-likeness (QED) is 0.784. The van der Waals surface area contributed by atoms with E-state index in [1.807, 2.05) is 6.07 Å². The molecule has 1 amide bonds. The fourth-order valence-corrected chi connectivity index (χ4v) is 2.55. The van der Waals surface area contributed by atoms with Gasteiger partial charge in [0.2, 0.25) is 5.91 Å². The van der Waals surface area contributed by atoms with Crippen molar-refractivity contribution in [3.05, 3.63) is 11.8 Å². The highest BCUT2D eigenvalue weighted by Gasteiger charge is 2.37. The number of aromatic amines is 1. The lowest BCUT2D eigenvalue weighted by Gasteiger charge is -2.38. The number of rotatable bonds is 3. The SMILES string of the molecule is CC(C)c1cc(NC(=O)C2NCCCC2(C)C)n[nH]1. The fraction of sp³-hybridized carbons (Fsp3) is 0.714. The summed E-state index contributed by atoms with van der Waals surface area (Å²) in [5.41, 5.74) is 1.02. The topological polar surface area (TPSA) is 69.8 Å². The van der Waals surface area contributed by atoms with Crippen molar-refractivity contribution >= 4 is 11.7 Å². The van der Waals surface area contributed by atoms with E-state index >= 15 is 0 Å². The molecule has 0 spiro atoms. The van der Waals surface area contributed by atoms with Gasteiger partial charge in [-0.1, -0.05) is 27.7 Å². The van der Waals surface area contributed by atoms with Gasteiger partial charge in [-0.05, 0) is 30.7 Å². The lowest BCUT2D eigenvalue weighted by atomic mass is 9.77. The van der Waals surface area contributed by atoms with Crippen molar-refractivity contribution < 1.29 is 4.79 Å². The molecule has 2 rings (SSSR count). The van der Waals surface area contributed by atoms with Gasteiger partial charge in [0.15, 0.2) is 5.82 Å². The van der Waals surface area contributed by atoms with Crippen LogP contribution >= 0.6 is 0 Å². The summed E-state index contributed by atoms with van der Waals surface area (Å²) in [6.07, 6.45) is 2.19. The van der Waals surface area contributed by atoms with E-state index in [1.54, 1.807) is 0 Å². The first-order valence-electron chi connectivity index (χ1n) is 7.00. The molecule has 0 radical (unpaired) electrons. The number of amides is 1. The van der Waals surface area contributed by atoms with Gasteiger partial charge in [-0.2, -0.15) is 5.10 Å². The van der Waals surface area contributed by atoms with Crippen LogP contribution in [0.4, 0.5) is 5.82 Å². The highest BCUT2D eigenvalue weighted by molar-refractivity contribution is 5.94. The highest BCUT2D eigenvalue weighted by atomic mass is 16.2. The average molecular weight is 264 g/mol. The molecule has 1 unspecified atom stereocenters. The summed E-state index contributed by atoms with van der Waals surface area (Å²) in [5.74, 6) is 0.991. The number of carbonyl (C=O) groups excluding carboxylic acids is 1. The Morgan fingerprint density at radius 1 is 1.53 bits per heavy atom. The first-order chi connectivity index (χ1) is 8.90. The zero-order valence-corrected chi connectivity index (χ0v) is 12.2. The van der Waals surface area contributed by atoms with E-state index in [1.165, 1.54) is 0 Å². The molecule has 2 heterocycles. The lowest BCUT2D eigenvalue weighted by molar-refractivity contribution is -0.121. The molecule has 0 aliphatic carbocycles. The maximum absolute atomic E-state index is 12.3. The molecule has 1 atom stereocenters. The summed E-state index contributed by atoms with van der Waals surface area (Å²) < 4.78 is 0. The molecule has 1 fully saturated rings. The summed E-state index contributed by atoms with van der Waals surface area (Å²) in [6, 6.07) is 1.75. The van der Waals surface area contributed by atoms with Crippen LogP contribution in [0.2, 0.25) is 0 Å². The summed E-state index contributed by atoms with van der Waals surface area (Å²) in [6.45, 7) is 9.34. The van der Waals surface area contributed by atoms with Crippen LogP contribution in [0.25, 0.3) is 0 Å². The van der Waals surface area contributed by atoms with E-state index in [9.17, 15) is 4.79 Å². The standard InChI is InChI=1S/C14H24N4O/c1-9(2)10-8-11(18-17-10)16-13(19)12-14(3,4)6-5-7-15-12/h8-9,12,15H,5-7H2,1-4H3,(H2,16,17,18,19). The number of hydrogen-bond acceptors (Lipinski definition) is 3. The second kappa shape index (κ2) is 5.33. The summed E-state index contributed by atoms with van der Waals surface area (Å²) in [4.78, 5) is 12.3. The van der Waals surface area contributed by atoms with Crippen LogP contribution in [0.1, 0.15) is 52.1 Å². The highest BCUT2D eigenvalue weighted by Crippen LogP contribution is 2.30. The Kier molecular flexibility index (Phi) is 3.94. The van der Waals surface area contributed by atoms with Crippen LogP contribution in [-0.2, 0) is 4.79 Å². The Morgan fingerprint density at radius 3 is 2.84 bits per heavy atom. The second-order valence-electron chi connectivity index (χ2n) is 6.33. The maximum Gasteiger partial charge on any atom is 0.243 e. The van der Waals surface area contributed by atoms with Crippen LogP contribution < -0.4 is 10.6 Å². The molecule has 3 N–H and O–H groups in total. The number of aromatic nitrogens is 2. The number of H-pyrrole nitrogens is 1. The smallest absolute Gasteiger partial charge is 0.243 e. The normalized spacial score (nSPS) is 22.5. The van der Waals surface area contributed by atoms with Gasteiger partial charge in [0.25, 0.3) is 0 Å². The number of nitrogens with zero attached hydrogens (tertiary/aromatic N) is 1. The van der Waals surface area contributed by atoms with Crippen molar-refractivity contribution in [2.75, 3.05) is 11.9 Å². The molecule has 1 aliphatic rings. The fourth-order valence-electron chi connectivity index (χ4n) is 2.55. The van der Waals surface area contributed by atoms with Gasteiger partial charge < -0.3 is 10.6 Å². The number of carbonyl (C=O) groups is 1. The van der Waals surface area contributed by atoms with E-state index in [0.29, 0.717) is 11.7 Å². The van der Waals surface area contributed by atoms with E-state index < -0.39 is 0 Å². The molecule has 5 nitrogen and oxygen atoms in total. The molecule has 1 saturated heterocycles. The predicted molar refractivity (Wildman–Crippen MR) is 76.1 cm³/mol. The van der Waals surface area contributed by atoms with E-state index in [0.717, 1.165) is 25.1 Å². The Bertz CT molecular complexity index is 450. The third-order valence-electron chi connectivity index (χ3n) is 3.86. The molecule has 0 aromatic carbocycles. The average Bonchev–Trinajstić information content (AvgIpc) is 2.76. The van der Waals surface area contributed by atoms with Crippen LogP contribution in [0.3, 0.4) is 0 Å². The first-order valence-corrected chi connectivity index (χ1v) is 7.00. The van der Waals surface area contributed by atoms with Crippen molar-refractivity contribution in [1.82, 2.24) is 15.5 Å². The van der Waals surface area contributed by atoms with Crippen molar-refractivity contribution in [1.29, 1.82) is 0 Å². The van der Waals surface area contributed by atoms with Gasteiger partial charge in [-0.3, -0.25) is 9.89 Å². The van der Waals surface area contributed by atoms with Gasteiger partial charge in [0.05, 0.1) is 6.04 Å². The van der Waals surface area contributed by atoms with Crippen molar-refractivity contribution in [2.45, 2.75) is 52.5 Å². The Balaban J connectivity index is 2.03. The minimum Gasteiger partial charge on any atom is -0.308 e. The van der Waals surface area contributed by atoms with E-state index in [4.69, 9.17) is 0 Å². The largest absolute Gasteiger partial charge is 0.308 e. The zero-order chi connectivity index (χ0) is 14.0. The maximum atomic E-state index is 12.3. The second-order valence-corrected chi connectivity index (χ2v) is 6.33. The van der Waals surface area contributed by atoms with Gasteiger partial charge >= 0.3 is 0 Å². The van der Waals surface area contributed by atoms with Gasteiger partial charge in [-0.25, -0.2) is 0 Å². The minimum absolute atomic E-state index is 0.00602. The van der Waals surface area contributed by atoms with E-state index in [-0.39, 0.29) is 17.4 Å². The molecular formula is C14H24N4O. The Labute approximate surface area is 114 Å². The molecule has 19 heavy (non-hydrogen) atoms. The monoisotopic (exact) mass is 264 g/mol. The molecule has 0 bridgehead atoms. The molecule has 1 aliphatic heterocycles. The number of piperidine rings is 1. The van der Waals surface area contributed by atoms with Crippen LogP contribution in [-0.4, -0.2) is 28.7 Å². The third kappa shape index (κ3) is 3.15. The summed E-state index contributed by atoms with van der Waals surface area (Å²) in [7, 11) is 0. The molecule has 1 aromatic heterocycles. The Hall–Kier alpha value is -1.36. The number of nitrogens with one attached hydrogen (secondary N) is 3. The van der Waals surface area contributed by atoms with Crippen LogP contribution in [0, 0.1) is 5.41 Å². The van der Waals surface area contributed by atoms with Crippen LogP contribution in [0.5, 0.6) is 0 Å². The zero-order valence-electron chi connectivity index (χ0n) is 12.2. The first kappa shape index (κ1) is 14.1. The third-order valence-corrected chi connectivity index (χ3v) is 3.86. The molecule has 5 heteroatoms. The number of anilines is 1. The van der Waals surface area contributed by atoms with E-state index in [2.05, 4.69) is 48.5 Å². The summed E-state index contributed by atoms with van der Waals surface area (Å²) in [5, 5.41) is 13.3. The van der Waals surface area contributed by atoms with Crippen molar-refractivity contribution in [3.63, 3.8) is 0 Å². The van der Waals surface area contributed by atoms with Gasteiger partial charge in [0, 0.05) is 11.8 Å². The molecule has 0 saturated carbocycles.